The zero-order chi connectivity index (χ0) is 14.2. The first kappa shape index (κ1) is 14.3. The quantitative estimate of drug-likeness (QED) is 0.815. The summed E-state index contributed by atoms with van der Waals surface area (Å²) >= 11 is 0. The van der Waals surface area contributed by atoms with E-state index in [-0.39, 0.29) is 22.2 Å². The first-order valence-corrected chi connectivity index (χ1v) is 7.91. The number of sulfonamides is 1. The number of benzene rings is 1. The van der Waals surface area contributed by atoms with Crippen molar-refractivity contribution >= 4 is 15.7 Å². The molecule has 1 aliphatic carbocycles. The van der Waals surface area contributed by atoms with Gasteiger partial charge in [-0.15, -0.1) is 0 Å². The van der Waals surface area contributed by atoms with E-state index in [0.717, 1.165) is 25.3 Å². The molecule has 2 unspecified atom stereocenters. The molecule has 0 bridgehead atoms. The number of nitrogen functional groups attached to an aromatic ring is 1. The molecule has 2 atom stereocenters. The summed E-state index contributed by atoms with van der Waals surface area (Å²) in [4.78, 5) is -0.0628. The van der Waals surface area contributed by atoms with Crippen LogP contribution >= 0.6 is 0 Å². The summed E-state index contributed by atoms with van der Waals surface area (Å²) in [5.41, 5.74) is 5.74. The standard InChI is InChI=1S/C13H19FN2O2S/c1-3-4-9-5-12(9)16-19(17,18)13-7-10(15)6-11(14)8(13)2/h6-7,9,12,16H,3-5,15H2,1-2H3. The number of hydrogen-bond acceptors (Lipinski definition) is 3. The molecule has 1 aromatic rings. The SMILES string of the molecule is CCCC1CC1NS(=O)(=O)c1cc(N)cc(F)c1C. The minimum absolute atomic E-state index is 0.0196. The van der Waals surface area contributed by atoms with Gasteiger partial charge in [0.25, 0.3) is 0 Å². The molecule has 0 aromatic heterocycles. The fourth-order valence-electron chi connectivity index (χ4n) is 2.30. The Morgan fingerprint density at radius 3 is 2.79 bits per heavy atom. The second-order valence-corrected chi connectivity index (χ2v) is 6.82. The largest absolute Gasteiger partial charge is 0.399 e. The van der Waals surface area contributed by atoms with Crippen LogP contribution in [0.2, 0.25) is 0 Å². The molecular weight excluding hydrogens is 267 g/mol. The van der Waals surface area contributed by atoms with Gasteiger partial charge in [-0.2, -0.15) is 0 Å². The van der Waals surface area contributed by atoms with Crippen LogP contribution in [0.1, 0.15) is 31.7 Å². The predicted octanol–water partition coefficient (Wildman–Crippen LogP) is 2.18. The van der Waals surface area contributed by atoms with Crippen LogP contribution in [0.5, 0.6) is 0 Å². The lowest BCUT2D eigenvalue weighted by Crippen LogP contribution is -2.28. The van der Waals surface area contributed by atoms with Gasteiger partial charge in [-0.3, -0.25) is 0 Å². The zero-order valence-corrected chi connectivity index (χ0v) is 11.9. The lowest BCUT2D eigenvalue weighted by atomic mass is 10.2. The molecular formula is C13H19FN2O2S. The second-order valence-electron chi connectivity index (χ2n) is 5.14. The molecule has 0 aliphatic heterocycles. The number of hydrogen-bond donors (Lipinski definition) is 2. The second kappa shape index (κ2) is 5.09. The van der Waals surface area contributed by atoms with Crippen molar-refractivity contribution in [3.8, 4) is 0 Å². The van der Waals surface area contributed by atoms with Gasteiger partial charge in [0.05, 0.1) is 4.90 Å². The highest BCUT2D eigenvalue weighted by molar-refractivity contribution is 7.89. The maximum atomic E-state index is 13.5. The Morgan fingerprint density at radius 2 is 2.16 bits per heavy atom. The fraction of sp³-hybridized carbons (Fsp3) is 0.538. The van der Waals surface area contributed by atoms with Gasteiger partial charge in [0.15, 0.2) is 0 Å². The fourth-order valence-corrected chi connectivity index (χ4v) is 3.90. The smallest absolute Gasteiger partial charge is 0.241 e. The van der Waals surface area contributed by atoms with Crippen molar-refractivity contribution in [1.29, 1.82) is 0 Å². The molecule has 0 radical (unpaired) electrons. The van der Waals surface area contributed by atoms with Crippen LogP contribution in [0.25, 0.3) is 0 Å². The molecule has 19 heavy (non-hydrogen) atoms. The van der Waals surface area contributed by atoms with Gasteiger partial charge in [-0.05, 0) is 37.8 Å². The number of rotatable bonds is 5. The Bertz CT molecular complexity index is 587. The maximum absolute atomic E-state index is 13.5. The van der Waals surface area contributed by atoms with Gasteiger partial charge in [-0.1, -0.05) is 13.3 Å². The van der Waals surface area contributed by atoms with Crippen molar-refractivity contribution in [1.82, 2.24) is 4.72 Å². The van der Waals surface area contributed by atoms with E-state index in [1.807, 2.05) is 0 Å². The van der Waals surface area contributed by atoms with Crippen molar-refractivity contribution in [3.63, 3.8) is 0 Å². The lowest BCUT2D eigenvalue weighted by molar-refractivity contribution is 0.567. The van der Waals surface area contributed by atoms with E-state index in [9.17, 15) is 12.8 Å². The van der Waals surface area contributed by atoms with Crippen LogP contribution in [0.15, 0.2) is 17.0 Å². The van der Waals surface area contributed by atoms with Crippen LogP contribution in [0, 0.1) is 18.7 Å². The van der Waals surface area contributed by atoms with E-state index in [1.54, 1.807) is 0 Å². The molecule has 0 spiro atoms. The molecule has 0 saturated heterocycles. The summed E-state index contributed by atoms with van der Waals surface area (Å²) in [5.74, 6) is -0.188. The highest BCUT2D eigenvalue weighted by atomic mass is 32.2. The minimum atomic E-state index is -3.69. The van der Waals surface area contributed by atoms with Gasteiger partial charge in [0.1, 0.15) is 5.82 Å². The number of halogens is 1. The Morgan fingerprint density at radius 1 is 1.47 bits per heavy atom. The predicted molar refractivity (Wildman–Crippen MR) is 72.7 cm³/mol. The van der Waals surface area contributed by atoms with Gasteiger partial charge in [0.2, 0.25) is 10.0 Å². The maximum Gasteiger partial charge on any atom is 0.241 e. The third-order valence-corrected chi connectivity index (χ3v) is 5.11. The number of nitrogens with two attached hydrogens (primary N) is 1. The Balaban J connectivity index is 2.21. The third-order valence-electron chi connectivity index (χ3n) is 3.50. The first-order chi connectivity index (χ1) is 8.85. The first-order valence-electron chi connectivity index (χ1n) is 6.43. The molecule has 0 heterocycles. The van der Waals surface area contributed by atoms with Gasteiger partial charge >= 0.3 is 0 Å². The Labute approximate surface area is 113 Å². The highest BCUT2D eigenvalue weighted by Gasteiger charge is 2.39. The highest BCUT2D eigenvalue weighted by Crippen LogP contribution is 2.36. The average molecular weight is 286 g/mol. The van der Waals surface area contributed by atoms with E-state index < -0.39 is 15.8 Å². The summed E-state index contributed by atoms with van der Waals surface area (Å²) in [6.45, 7) is 3.51. The molecule has 106 valence electrons. The summed E-state index contributed by atoms with van der Waals surface area (Å²) in [7, 11) is -3.69. The zero-order valence-electron chi connectivity index (χ0n) is 11.1. The third kappa shape index (κ3) is 3.06. The van der Waals surface area contributed by atoms with E-state index in [1.165, 1.54) is 13.0 Å². The molecule has 0 amide bonds. The van der Waals surface area contributed by atoms with Crippen molar-refractivity contribution in [2.45, 2.75) is 44.0 Å². The van der Waals surface area contributed by atoms with Crippen molar-refractivity contribution in [2.75, 3.05) is 5.73 Å². The summed E-state index contributed by atoms with van der Waals surface area (Å²) in [6, 6.07) is 2.41. The van der Waals surface area contributed by atoms with Crippen LogP contribution in [-0.4, -0.2) is 14.5 Å². The number of anilines is 1. The molecule has 4 nitrogen and oxygen atoms in total. The molecule has 2 rings (SSSR count). The van der Waals surface area contributed by atoms with Crippen molar-refractivity contribution < 1.29 is 12.8 Å². The monoisotopic (exact) mass is 286 g/mol. The summed E-state index contributed by atoms with van der Waals surface area (Å²) in [6.07, 6.45) is 2.91. The lowest BCUT2D eigenvalue weighted by Gasteiger charge is -2.10. The number of nitrogens with one attached hydrogen (secondary N) is 1. The summed E-state index contributed by atoms with van der Waals surface area (Å²) < 4.78 is 40.6. The van der Waals surface area contributed by atoms with Crippen LogP contribution in [-0.2, 0) is 10.0 Å². The Hall–Kier alpha value is -1.14. The van der Waals surface area contributed by atoms with Crippen LogP contribution in [0.4, 0.5) is 10.1 Å². The molecule has 6 heteroatoms. The molecule has 1 aliphatic rings. The minimum Gasteiger partial charge on any atom is -0.399 e. The molecule has 1 aromatic carbocycles. The van der Waals surface area contributed by atoms with Crippen molar-refractivity contribution in [3.05, 3.63) is 23.5 Å². The normalized spacial score (nSPS) is 22.5. The molecule has 1 saturated carbocycles. The molecule has 3 N–H and O–H groups in total. The van der Waals surface area contributed by atoms with Crippen LogP contribution < -0.4 is 10.5 Å². The topological polar surface area (TPSA) is 72.2 Å². The van der Waals surface area contributed by atoms with Crippen molar-refractivity contribution in [2.24, 2.45) is 5.92 Å². The summed E-state index contributed by atoms with van der Waals surface area (Å²) in [5, 5.41) is 0. The Kier molecular flexibility index (Phi) is 3.82. The van der Waals surface area contributed by atoms with E-state index >= 15 is 0 Å². The van der Waals surface area contributed by atoms with E-state index in [0.29, 0.717) is 5.92 Å². The van der Waals surface area contributed by atoms with Gasteiger partial charge in [0, 0.05) is 17.3 Å². The van der Waals surface area contributed by atoms with E-state index in [2.05, 4.69) is 11.6 Å². The van der Waals surface area contributed by atoms with Crippen LogP contribution in [0.3, 0.4) is 0 Å². The average Bonchev–Trinajstić information content (AvgIpc) is 3.01. The molecule has 1 fully saturated rings. The van der Waals surface area contributed by atoms with E-state index in [4.69, 9.17) is 5.73 Å². The van der Waals surface area contributed by atoms with Gasteiger partial charge < -0.3 is 5.73 Å². The van der Waals surface area contributed by atoms with Gasteiger partial charge in [-0.25, -0.2) is 17.5 Å².